The van der Waals surface area contributed by atoms with Crippen molar-refractivity contribution in [2.75, 3.05) is 18.1 Å². The number of ether oxygens (including phenoxy) is 2. The van der Waals surface area contributed by atoms with Crippen LogP contribution >= 0.6 is 0 Å². The molecule has 1 saturated heterocycles. The topological polar surface area (TPSA) is 89.0 Å². The molecule has 1 aliphatic heterocycles. The second-order valence-corrected chi connectivity index (χ2v) is 7.36. The van der Waals surface area contributed by atoms with E-state index in [4.69, 9.17) is 9.47 Å². The number of aliphatic hydroxyl groups is 1. The molecule has 1 aromatic rings. The number of hydrogen-bond donors (Lipinski definition) is 1. The molecule has 28 heavy (non-hydrogen) atoms. The molecule has 1 aromatic heterocycles. The molecule has 1 aliphatic rings. The summed E-state index contributed by atoms with van der Waals surface area (Å²) in [4.78, 5) is 29.9. The summed E-state index contributed by atoms with van der Waals surface area (Å²) >= 11 is 0. The highest BCUT2D eigenvalue weighted by Gasteiger charge is 2.54. The zero-order valence-corrected chi connectivity index (χ0v) is 16.0. The third kappa shape index (κ3) is 4.44. The number of carbonyl (C=O) groups excluding carboxylic acids is 2. The van der Waals surface area contributed by atoms with Crippen LogP contribution < -0.4 is 4.90 Å². The number of amides is 1. The second-order valence-electron chi connectivity index (χ2n) is 7.36. The summed E-state index contributed by atoms with van der Waals surface area (Å²) in [5.74, 6) is -2.15. The Balaban J connectivity index is 2.37. The lowest BCUT2D eigenvalue weighted by atomic mass is 9.89. The number of morpholine rings is 1. The number of halogens is 3. The maximum absolute atomic E-state index is 13.1. The van der Waals surface area contributed by atoms with Crippen LogP contribution in [-0.4, -0.2) is 52.4 Å². The molecule has 2 rings (SSSR count). The van der Waals surface area contributed by atoms with E-state index >= 15 is 0 Å². The summed E-state index contributed by atoms with van der Waals surface area (Å²) in [6.45, 7) is 6.14. The number of nitrogens with zero attached hydrogens (tertiary/aromatic N) is 2. The Hall–Kier alpha value is -2.20. The van der Waals surface area contributed by atoms with Crippen LogP contribution in [0.2, 0.25) is 0 Å². The van der Waals surface area contributed by atoms with Crippen LogP contribution in [-0.2, 0) is 25.2 Å². The van der Waals surface area contributed by atoms with E-state index in [1.54, 1.807) is 20.8 Å². The second kappa shape index (κ2) is 7.67. The lowest BCUT2D eigenvalue weighted by Crippen LogP contribution is -2.64. The quantitative estimate of drug-likeness (QED) is 0.775. The Labute approximate surface area is 160 Å². The van der Waals surface area contributed by atoms with Crippen molar-refractivity contribution < 1.29 is 37.3 Å². The molecule has 10 heteroatoms. The summed E-state index contributed by atoms with van der Waals surface area (Å²) in [5, 5.41) is 10.5. The van der Waals surface area contributed by atoms with Crippen LogP contribution in [0.5, 0.6) is 0 Å². The predicted molar refractivity (Wildman–Crippen MR) is 92.4 cm³/mol. The highest BCUT2D eigenvalue weighted by molar-refractivity contribution is 6.03. The molecule has 1 amide bonds. The number of pyridine rings is 1. The predicted octanol–water partition coefficient (Wildman–Crippen LogP) is 2.32. The van der Waals surface area contributed by atoms with Crippen molar-refractivity contribution in [1.82, 2.24) is 4.98 Å². The lowest BCUT2D eigenvalue weighted by molar-refractivity contribution is -0.195. The summed E-state index contributed by atoms with van der Waals surface area (Å²) in [5.41, 5.74) is -4.04. The number of carbonyl (C=O) groups is 2. The molecule has 0 unspecified atom stereocenters. The van der Waals surface area contributed by atoms with Crippen LogP contribution in [0.15, 0.2) is 18.2 Å². The van der Waals surface area contributed by atoms with Crippen LogP contribution in [0.25, 0.3) is 0 Å². The summed E-state index contributed by atoms with van der Waals surface area (Å²) in [7, 11) is 0. The Morgan fingerprint density at radius 1 is 1.39 bits per heavy atom. The summed E-state index contributed by atoms with van der Waals surface area (Å²) in [6, 6.07) is 3.17. The van der Waals surface area contributed by atoms with Crippen molar-refractivity contribution in [3.05, 3.63) is 23.9 Å². The monoisotopic (exact) mass is 404 g/mol. The number of rotatable bonds is 4. The van der Waals surface area contributed by atoms with Crippen molar-refractivity contribution in [3.8, 4) is 0 Å². The van der Waals surface area contributed by atoms with Crippen molar-refractivity contribution >= 4 is 17.7 Å². The van der Waals surface area contributed by atoms with Gasteiger partial charge in [0.15, 0.2) is 11.7 Å². The number of aromatic nitrogens is 1. The number of aliphatic hydroxyl groups excluding tert-OH is 1. The Bertz CT molecular complexity index is 747. The molecule has 0 spiro atoms. The van der Waals surface area contributed by atoms with Gasteiger partial charge in [0, 0.05) is 0 Å². The van der Waals surface area contributed by atoms with E-state index < -0.39 is 41.1 Å². The van der Waals surface area contributed by atoms with Crippen molar-refractivity contribution in [1.29, 1.82) is 0 Å². The fourth-order valence-corrected chi connectivity index (χ4v) is 2.85. The van der Waals surface area contributed by atoms with Gasteiger partial charge in [-0.05, 0) is 39.3 Å². The van der Waals surface area contributed by atoms with E-state index in [0.717, 1.165) is 17.0 Å². The number of anilines is 1. The van der Waals surface area contributed by atoms with Gasteiger partial charge in [0.05, 0.1) is 13.2 Å². The first kappa shape index (κ1) is 22.1. The molecule has 0 aromatic carbocycles. The van der Waals surface area contributed by atoms with Gasteiger partial charge < -0.3 is 14.6 Å². The van der Waals surface area contributed by atoms with E-state index in [1.807, 2.05) is 0 Å². The Kier molecular flexibility index (Phi) is 6.05. The molecular formula is C18H23F3N2O5. The highest BCUT2D eigenvalue weighted by Crippen LogP contribution is 2.33. The minimum atomic E-state index is -4.68. The average molecular weight is 404 g/mol. The molecular weight excluding hydrogens is 381 g/mol. The number of hydrogen-bond acceptors (Lipinski definition) is 6. The minimum absolute atomic E-state index is 0.0735. The molecule has 1 fully saturated rings. The van der Waals surface area contributed by atoms with Crippen molar-refractivity contribution in [3.63, 3.8) is 0 Å². The summed E-state index contributed by atoms with van der Waals surface area (Å²) < 4.78 is 49.5. The normalized spacial score (nSPS) is 22.1. The first-order valence-corrected chi connectivity index (χ1v) is 8.73. The standard InChI is InChI=1S/C18H23F3N2O5/c1-5-17(13(24)14(25)28-16(2,3)4)15(26)23(9-10-27-17)12-8-6-7-11(22-12)18(19,20)21/h6-8,13,24H,5,9-10H2,1-4H3/t13-,17+/m0/s1. The van der Waals surface area contributed by atoms with E-state index in [0.29, 0.717) is 0 Å². The Morgan fingerprint density at radius 2 is 2.04 bits per heavy atom. The molecule has 2 heterocycles. The maximum Gasteiger partial charge on any atom is 0.433 e. The number of esters is 1. The van der Waals surface area contributed by atoms with E-state index in [9.17, 15) is 27.9 Å². The third-order valence-corrected chi connectivity index (χ3v) is 4.18. The van der Waals surface area contributed by atoms with Gasteiger partial charge >= 0.3 is 12.1 Å². The van der Waals surface area contributed by atoms with Crippen LogP contribution in [0.3, 0.4) is 0 Å². The fraction of sp³-hybridized carbons (Fsp3) is 0.611. The minimum Gasteiger partial charge on any atom is -0.458 e. The number of alkyl halides is 3. The van der Waals surface area contributed by atoms with Crippen LogP contribution in [0, 0.1) is 0 Å². The van der Waals surface area contributed by atoms with Gasteiger partial charge in [0.25, 0.3) is 5.91 Å². The largest absolute Gasteiger partial charge is 0.458 e. The van der Waals surface area contributed by atoms with Gasteiger partial charge in [-0.25, -0.2) is 9.78 Å². The van der Waals surface area contributed by atoms with Crippen molar-refractivity contribution in [2.45, 2.75) is 57.6 Å². The maximum atomic E-state index is 13.1. The molecule has 2 atom stereocenters. The zero-order chi connectivity index (χ0) is 21.3. The van der Waals surface area contributed by atoms with Crippen LogP contribution in [0.4, 0.5) is 19.0 Å². The average Bonchev–Trinajstić information content (AvgIpc) is 2.59. The molecule has 0 aliphatic carbocycles. The molecule has 156 valence electrons. The third-order valence-electron chi connectivity index (χ3n) is 4.18. The summed E-state index contributed by atoms with van der Waals surface area (Å²) in [6.07, 6.45) is -6.72. The van der Waals surface area contributed by atoms with E-state index in [1.165, 1.54) is 13.0 Å². The fourth-order valence-electron chi connectivity index (χ4n) is 2.85. The zero-order valence-electron chi connectivity index (χ0n) is 16.0. The lowest BCUT2D eigenvalue weighted by Gasteiger charge is -2.42. The van der Waals surface area contributed by atoms with Gasteiger partial charge in [-0.3, -0.25) is 9.69 Å². The smallest absolute Gasteiger partial charge is 0.433 e. The molecule has 0 saturated carbocycles. The SMILES string of the molecule is CC[C@]1([C@@H](O)C(=O)OC(C)(C)C)OCCN(c2cccc(C(F)(F)F)n2)C1=O. The van der Waals surface area contributed by atoms with Crippen molar-refractivity contribution in [2.24, 2.45) is 0 Å². The first-order chi connectivity index (χ1) is 12.8. The molecule has 0 bridgehead atoms. The van der Waals surface area contributed by atoms with E-state index in [-0.39, 0.29) is 25.4 Å². The van der Waals surface area contributed by atoms with Crippen LogP contribution in [0.1, 0.15) is 39.8 Å². The van der Waals surface area contributed by atoms with Gasteiger partial charge in [0.1, 0.15) is 17.1 Å². The molecule has 0 radical (unpaired) electrons. The van der Waals surface area contributed by atoms with Gasteiger partial charge in [0.2, 0.25) is 0 Å². The first-order valence-electron chi connectivity index (χ1n) is 8.73. The molecule has 1 N–H and O–H groups in total. The van der Waals surface area contributed by atoms with Gasteiger partial charge in [-0.2, -0.15) is 13.2 Å². The Morgan fingerprint density at radius 3 is 2.57 bits per heavy atom. The van der Waals surface area contributed by atoms with Gasteiger partial charge in [-0.1, -0.05) is 13.0 Å². The van der Waals surface area contributed by atoms with Gasteiger partial charge in [-0.15, -0.1) is 0 Å². The van der Waals surface area contributed by atoms with E-state index in [2.05, 4.69) is 4.98 Å². The highest BCUT2D eigenvalue weighted by atomic mass is 19.4. The molecule has 7 nitrogen and oxygen atoms in total.